The first-order valence-electron chi connectivity index (χ1n) is 7.85. The van der Waals surface area contributed by atoms with Crippen molar-refractivity contribution in [2.24, 2.45) is 0 Å². The molecule has 10 heteroatoms. The third-order valence-electron chi connectivity index (χ3n) is 3.75. The van der Waals surface area contributed by atoms with Crippen molar-refractivity contribution < 1.29 is 35.9 Å². The topological polar surface area (TPSA) is 89.5 Å². The third kappa shape index (κ3) is 5.10. The van der Waals surface area contributed by atoms with Gasteiger partial charge in [0.1, 0.15) is 0 Å². The van der Waals surface area contributed by atoms with Crippen LogP contribution in [0, 0.1) is 6.92 Å². The predicted molar refractivity (Wildman–Crippen MR) is 93.0 cm³/mol. The van der Waals surface area contributed by atoms with Crippen LogP contribution >= 0.6 is 0 Å². The molecule has 0 aliphatic carbocycles. The number of aryl methyl sites for hydroxylation is 1. The van der Waals surface area contributed by atoms with Crippen molar-refractivity contribution in [2.45, 2.75) is 24.4 Å². The van der Waals surface area contributed by atoms with E-state index in [2.05, 4.69) is 4.74 Å². The highest BCUT2D eigenvalue weighted by atomic mass is 32.2. The van der Waals surface area contributed by atoms with Crippen LogP contribution in [-0.2, 0) is 32.2 Å². The molecule has 0 bridgehead atoms. The second kappa shape index (κ2) is 8.01. The zero-order chi connectivity index (χ0) is 21.1. The third-order valence-corrected chi connectivity index (χ3v) is 5.12. The first kappa shape index (κ1) is 21.4. The van der Waals surface area contributed by atoms with Gasteiger partial charge in [-0.2, -0.15) is 13.2 Å². The van der Waals surface area contributed by atoms with Crippen molar-refractivity contribution in [3.8, 4) is 0 Å². The van der Waals surface area contributed by atoms with E-state index in [0.717, 1.165) is 18.7 Å². The molecule has 2 rings (SSSR count). The van der Waals surface area contributed by atoms with Gasteiger partial charge in [-0.15, -0.1) is 0 Å². The van der Waals surface area contributed by atoms with E-state index in [1.54, 1.807) is 29.0 Å². The van der Waals surface area contributed by atoms with Crippen LogP contribution in [0.15, 0.2) is 47.4 Å². The molecule has 0 aliphatic rings. The van der Waals surface area contributed by atoms with Gasteiger partial charge in [-0.05, 0) is 30.7 Å². The number of carbonyl (C=O) groups is 2. The lowest BCUT2D eigenvalue weighted by Crippen LogP contribution is -2.32. The Hall–Kier alpha value is -2.88. The molecule has 0 radical (unpaired) electrons. The fourth-order valence-electron chi connectivity index (χ4n) is 2.35. The molecular weight excluding hydrogens is 399 g/mol. The molecule has 28 heavy (non-hydrogen) atoms. The molecule has 1 amide bonds. The number of esters is 1. The Morgan fingerprint density at radius 2 is 1.68 bits per heavy atom. The number of hydrogen-bond donors (Lipinski definition) is 1. The Kier molecular flexibility index (Phi) is 6.13. The molecule has 0 saturated carbocycles. The SMILES string of the molecule is COC(=O)c1ccc(S(=O)(=O)NC(=O)Cc2ccc(C)cc2)cc1C(F)(F)F. The Bertz CT molecular complexity index is 999. The molecule has 0 fully saturated rings. The molecule has 0 unspecified atom stereocenters. The lowest BCUT2D eigenvalue weighted by Gasteiger charge is -2.14. The van der Waals surface area contributed by atoms with Crippen LogP contribution in [0.25, 0.3) is 0 Å². The molecule has 1 N–H and O–H groups in total. The zero-order valence-electron chi connectivity index (χ0n) is 14.8. The summed E-state index contributed by atoms with van der Waals surface area (Å²) >= 11 is 0. The normalized spacial score (nSPS) is 11.8. The minimum Gasteiger partial charge on any atom is -0.465 e. The van der Waals surface area contributed by atoms with E-state index in [4.69, 9.17) is 0 Å². The summed E-state index contributed by atoms with van der Waals surface area (Å²) in [6.07, 6.45) is -5.27. The van der Waals surface area contributed by atoms with Crippen LogP contribution in [0.3, 0.4) is 0 Å². The van der Waals surface area contributed by atoms with E-state index in [1.165, 1.54) is 0 Å². The molecule has 2 aromatic rings. The van der Waals surface area contributed by atoms with Gasteiger partial charge in [-0.25, -0.2) is 17.9 Å². The van der Waals surface area contributed by atoms with Gasteiger partial charge in [0.2, 0.25) is 5.91 Å². The van der Waals surface area contributed by atoms with Crippen LogP contribution in [0.2, 0.25) is 0 Å². The van der Waals surface area contributed by atoms with Crippen molar-refractivity contribution in [2.75, 3.05) is 7.11 Å². The second-order valence-corrected chi connectivity index (χ2v) is 7.57. The molecule has 2 aromatic carbocycles. The minimum atomic E-state index is -5.00. The second-order valence-electron chi connectivity index (χ2n) is 5.89. The van der Waals surface area contributed by atoms with Crippen LogP contribution in [-0.4, -0.2) is 27.4 Å². The van der Waals surface area contributed by atoms with Gasteiger partial charge in [-0.3, -0.25) is 4.79 Å². The van der Waals surface area contributed by atoms with Gasteiger partial charge in [0, 0.05) is 0 Å². The molecule has 0 aliphatic heterocycles. The van der Waals surface area contributed by atoms with Crippen LogP contribution < -0.4 is 4.72 Å². The van der Waals surface area contributed by atoms with Crippen molar-refractivity contribution in [3.63, 3.8) is 0 Å². The highest BCUT2D eigenvalue weighted by molar-refractivity contribution is 7.90. The highest BCUT2D eigenvalue weighted by Crippen LogP contribution is 2.34. The number of amides is 1. The molecule has 0 saturated heterocycles. The molecular formula is C18H16F3NO5S. The highest BCUT2D eigenvalue weighted by Gasteiger charge is 2.37. The molecule has 0 atom stereocenters. The van der Waals surface area contributed by atoms with E-state index in [9.17, 15) is 31.2 Å². The van der Waals surface area contributed by atoms with Gasteiger partial charge < -0.3 is 4.74 Å². The number of hydrogen-bond acceptors (Lipinski definition) is 5. The summed E-state index contributed by atoms with van der Waals surface area (Å²) in [6.45, 7) is 1.84. The average Bonchev–Trinajstić information content (AvgIpc) is 2.61. The van der Waals surface area contributed by atoms with Crippen molar-refractivity contribution in [1.82, 2.24) is 4.72 Å². The first-order valence-corrected chi connectivity index (χ1v) is 9.33. The summed E-state index contributed by atoms with van der Waals surface area (Å²) in [4.78, 5) is 22.7. The molecule has 150 valence electrons. The van der Waals surface area contributed by atoms with E-state index in [-0.39, 0.29) is 12.5 Å². The van der Waals surface area contributed by atoms with Crippen LogP contribution in [0.5, 0.6) is 0 Å². The number of sulfonamides is 1. The maximum Gasteiger partial charge on any atom is 0.417 e. The summed E-state index contributed by atoms with van der Waals surface area (Å²) in [5, 5.41) is 0. The predicted octanol–water partition coefficient (Wildman–Crippen LogP) is 2.85. The Morgan fingerprint density at radius 1 is 1.07 bits per heavy atom. The Balaban J connectivity index is 2.30. The number of benzene rings is 2. The van der Waals surface area contributed by atoms with Crippen molar-refractivity contribution >= 4 is 21.9 Å². The quantitative estimate of drug-likeness (QED) is 0.759. The van der Waals surface area contributed by atoms with Crippen molar-refractivity contribution in [3.05, 3.63) is 64.7 Å². The van der Waals surface area contributed by atoms with Gasteiger partial charge in [0.15, 0.2) is 0 Å². The maximum absolute atomic E-state index is 13.2. The molecule has 6 nitrogen and oxygen atoms in total. The lowest BCUT2D eigenvalue weighted by atomic mass is 10.1. The van der Waals surface area contributed by atoms with Gasteiger partial charge >= 0.3 is 12.1 Å². The Morgan fingerprint density at radius 3 is 2.21 bits per heavy atom. The fraction of sp³-hybridized carbons (Fsp3) is 0.222. The van der Waals surface area contributed by atoms with Crippen molar-refractivity contribution in [1.29, 1.82) is 0 Å². The largest absolute Gasteiger partial charge is 0.465 e. The molecule has 0 heterocycles. The number of ether oxygens (including phenoxy) is 1. The van der Waals surface area contributed by atoms with E-state index >= 15 is 0 Å². The number of rotatable bonds is 5. The fourth-order valence-corrected chi connectivity index (χ4v) is 3.36. The van der Waals surface area contributed by atoms with Gasteiger partial charge in [0.05, 0.1) is 29.6 Å². The maximum atomic E-state index is 13.2. The summed E-state index contributed by atoms with van der Waals surface area (Å²) in [6, 6.07) is 8.50. The standard InChI is InChI=1S/C18H16F3NO5S/c1-11-3-5-12(6-4-11)9-16(23)22-28(25,26)13-7-8-14(17(24)27-2)15(10-13)18(19,20)21/h3-8,10H,9H2,1-2H3,(H,22,23). The summed E-state index contributed by atoms with van der Waals surface area (Å²) in [5.41, 5.74) is -0.828. The number of carbonyl (C=O) groups excluding carboxylic acids is 2. The zero-order valence-corrected chi connectivity index (χ0v) is 15.6. The number of halogens is 3. The minimum absolute atomic E-state index is 0.272. The Labute approximate surface area is 159 Å². The van der Waals surface area contributed by atoms with Gasteiger partial charge in [0.25, 0.3) is 10.0 Å². The first-order chi connectivity index (χ1) is 12.9. The van der Waals surface area contributed by atoms with Gasteiger partial charge in [-0.1, -0.05) is 29.8 Å². The molecule has 0 spiro atoms. The summed E-state index contributed by atoms with van der Waals surface area (Å²) in [5.74, 6) is -2.17. The van der Waals surface area contributed by atoms with Crippen LogP contribution in [0.1, 0.15) is 27.0 Å². The number of nitrogens with one attached hydrogen (secondary N) is 1. The van der Waals surface area contributed by atoms with E-state index in [0.29, 0.717) is 11.6 Å². The lowest BCUT2D eigenvalue weighted by molar-refractivity contribution is -0.138. The monoisotopic (exact) mass is 415 g/mol. The van der Waals surface area contributed by atoms with Crippen LogP contribution in [0.4, 0.5) is 13.2 Å². The summed E-state index contributed by atoms with van der Waals surface area (Å²) in [7, 11) is -3.67. The number of methoxy groups -OCH3 is 1. The number of alkyl halides is 3. The van der Waals surface area contributed by atoms with E-state index in [1.807, 2.05) is 6.92 Å². The smallest absolute Gasteiger partial charge is 0.417 e. The summed E-state index contributed by atoms with van der Waals surface area (Å²) < 4.78 is 70.2. The average molecular weight is 415 g/mol. The van der Waals surface area contributed by atoms with E-state index < -0.39 is 44.1 Å². The molecule has 0 aromatic heterocycles.